The maximum absolute atomic E-state index is 11.5. The Kier molecular flexibility index (Phi) is 4.88. The van der Waals surface area contributed by atoms with E-state index in [1.807, 2.05) is 10.8 Å². The number of aromatic nitrogens is 2. The predicted octanol–water partition coefficient (Wildman–Crippen LogP) is 0.890. The summed E-state index contributed by atoms with van der Waals surface area (Å²) in [6.07, 6.45) is 6.06. The van der Waals surface area contributed by atoms with Crippen LogP contribution in [-0.2, 0) is 16.1 Å². The van der Waals surface area contributed by atoms with Crippen LogP contribution in [0.4, 0.5) is 0 Å². The van der Waals surface area contributed by atoms with Gasteiger partial charge in [0.1, 0.15) is 0 Å². The van der Waals surface area contributed by atoms with Gasteiger partial charge >= 0.3 is 5.97 Å². The average molecular weight is 253 g/mol. The third kappa shape index (κ3) is 4.57. The van der Waals surface area contributed by atoms with Crippen molar-refractivity contribution in [2.45, 2.75) is 33.2 Å². The van der Waals surface area contributed by atoms with E-state index in [2.05, 4.69) is 10.3 Å². The number of aliphatic carboxylic acids is 1. The number of amides is 1. The second-order valence-corrected chi connectivity index (χ2v) is 4.87. The van der Waals surface area contributed by atoms with Gasteiger partial charge in [-0.1, -0.05) is 0 Å². The molecule has 0 saturated carbocycles. The Balaban J connectivity index is 2.19. The summed E-state index contributed by atoms with van der Waals surface area (Å²) in [4.78, 5) is 26.3. The standard InChI is InChI=1S/C12H19N3O3/c1-12(2,11(17)18)8-10(16)14-4-3-6-15-7-5-13-9-15/h5,7,9H,3-4,6,8H2,1-2H3,(H,14,16)(H,17,18). The van der Waals surface area contributed by atoms with E-state index in [0.29, 0.717) is 6.54 Å². The number of hydrogen-bond donors (Lipinski definition) is 2. The van der Waals surface area contributed by atoms with Crippen molar-refractivity contribution in [2.75, 3.05) is 6.54 Å². The lowest BCUT2D eigenvalue weighted by molar-refractivity contribution is -0.149. The average Bonchev–Trinajstić information content (AvgIpc) is 2.76. The minimum absolute atomic E-state index is 0.00654. The van der Waals surface area contributed by atoms with Gasteiger partial charge in [0.2, 0.25) is 5.91 Å². The van der Waals surface area contributed by atoms with Gasteiger partial charge in [-0.25, -0.2) is 4.98 Å². The van der Waals surface area contributed by atoms with E-state index in [9.17, 15) is 9.59 Å². The Labute approximate surface area is 106 Å². The molecule has 0 saturated heterocycles. The minimum atomic E-state index is -1.02. The highest BCUT2D eigenvalue weighted by Crippen LogP contribution is 2.19. The van der Waals surface area contributed by atoms with Gasteiger partial charge in [-0.15, -0.1) is 0 Å². The van der Waals surface area contributed by atoms with Crippen molar-refractivity contribution in [1.82, 2.24) is 14.9 Å². The highest BCUT2D eigenvalue weighted by atomic mass is 16.4. The van der Waals surface area contributed by atoms with Crippen LogP contribution in [-0.4, -0.2) is 33.1 Å². The van der Waals surface area contributed by atoms with Crippen molar-refractivity contribution in [2.24, 2.45) is 5.41 Å². The first kappa shape index (κ1) is 14.2. The van der Waals surface area contributed by atoms with E-state index in [4.69, 9.17) is 5.11 Å². The van der Waals surface area contributed by atoms with Crippen molar-refractivity contribution in [1.29, 1.82) is 0 Å². The third-order valence-corrected chi connectivity index (χ3v) is 2.66. The fourth-order valence-electron chi connectivity index (χ4n) is 1.45. The number of aryl methyl sites for hydroxylation is 1. The van der Waals surface area contributed by atoms with Crippen LogP contribution in [0.25, 0.3) is 0 Å². The molecule has 0 atom stereocenters. The molecule has 1 amide bonds. The van der Waals surface area contributed by atoms with E-state index in [1.165, 1.54) is 0 Å². The van der Waals surface area contributed by atoms with Gasteiger partial charge in [0.15, 0.2) is 0 Å². The van der Waals surface area contributed by atoms with Gasteiger partial charge in [-0.05, 0) is 20.3 Å². The quantitative estimate of drug-likeness (QED) is 0.707. The molecule has 0 spiro atoms. The van der Waals surface area contributed by atoms with E-state index in [-0.39, 0.29) is 12.3 Å². The van der Waals surface area contributed by atoms with Crippen molar-refractivity contribution in [3.8, 4) is 0 Å². The molecule has 2 N–H and O–H groups in total. The van der Waals surface area contributed by atoms with Gasteiger partial charge in [-0.2, -0.15) is 0 Å². The Bertz CT molecular complexity index is 399. The predicted molar refractivity (Wildman–Crippen MR) is 65.9 cm³/mol. The largest absolute Gasteiger partial charge is 0.481 e. The number of rotatable bonds is 7. The number of carbonyl (C=O) groups excluding carboxylic acids is 1. The normalized spacial score (nSPS) is 11.2. The van der Waals surface area contributed by atoms with E-state index in [0.717, 1.165) is 13.0 Å². The molecule has 1 aromatic rings. The first-order valence-electron chi connectivity index (χ1n) is 5.87. The number of carboxylic acid groups (broad SMARTS) is 1. The van der Waals surface area contributed by atoms with Crippen LogP contribution in [0.3, 0.4) is 0 Å². The molecule has 18 heavy (non-hydrogen) atoms. The molecule has 0 radical (unpaired) electrons. The molecule has 6 nitrogen and oxygen atoms in total. The van der Waals surface area contributed by atoms with Crippen LogP contribution < -0.4 is 5.32 Å². The summed E-state index contributed by atoms with van der Waals surface area (Å²) in [7, 11) is 0. The lowest BCUT2D eigenvalue weighted by Gasteiger charge is -2.18. The second-order valence-electron chi connectivity index (χ2n) is 4.87. The monoisotopic (exact) mass is 253 g/mol. The number of imidazole rings is 1. The Morgan fingerprint density at radius 2 is 2.17 bits per heavy atom. The summed E-state index contributed by atoms with van der Waals surface area (Å²) >= 11 is 0. The Morgan fingerprint density at radius 3 is 2.72 bits per heavy atom. The van der Waals surface area contributed by atoms with Crippen molar-refractivity contribution >= 4 is 11.9 Å². The fraction of sp³-hybridized carbons (Fsp3) is 0.583. The highest BCUT2D eigenvalue weighted by molar-refractivity contribution is 5.84. The number of carbonyl (C=O) groups is 2. The molecule has 1 heterocycles. The lowest BCUT2D eigenvalue weighted by Crippen LogP contribution is -2.34. The van der Waals surface area contributed by atoms with Crippen molar-refractivity contribution < 1.29 is 14.7 Å². The maximum Gasteiger partial charge on any atom is 0.309 e. The molecular formula is C12H19N3O3. The van der Waals surface area contributed by atoms with Gasteiger partial charge in [0.25, 0.3) is 0 Å². The van der Waals surface area contributed by atoms with Crippen molar-refractivity contribution in [3.05, 3.63) is 18.7 Å². The molecule has 100 valence electrons. The molecule has 6 heteroatoms. The zero-order valence-electron chi connectivity index (χ0n) is 10.7. The lowest BCUT2D eigenvalue weighted by atomic mass is 9.89. The molecule has 1 rings (SSSR count). The summed E-state index contributed by atoms with van der Waals surface area (Å²) in [6, 6.07) is 0. The van der Waals surface area contributed by atoms with Crippen LogP contribution in [0.2, 0.25) is 0 Å². The number of nitrogens with zero attached hydrogens (tertiary/aromatic N) is 2. The van der Waals surface area contributed by atoms with Crippen LogP contribution in [0, 0.1) is 5.41 Å². The Morgan fingerprint density at radius 1 is 1.44 bits per heavy atom. The first-order valence-corrected chi connectivity index (χ1v) is 5.87. The van der Waals surface area contributed by atoms with Gasteiger partial charge in [0.05, 0.1) is 11.7 Å². The second kappa shape index (κ2) is 6.18. The van der Waals surface area contributed by atoms with Gasteiger partial charge in [-0.3, -0.25) is 9.59 Å². The number of carboxylic acids is 1. The highest BCUT2D eigenvalue weighted by Gasteiger charge is 2.29. The van der Waals surface area contributed by atoms with E-state index >= 15 is 0 Å². The summed E-state index contributed by atoms with van der Waals surface area (Å²) < 4.78 is 1.92. The zero-order valence-corrected chi connectivity index (χ0v) is 10.7. The summed E-state index contributed by atoms with van der Waals surface area (Å²) in [5, 5.41) is 11.6. The van der Waals surface area contributed by atoms with Gasteiger partial charge < -0.3 is 15.0 Å². The van der Waals surface area contributed by atoms with Crippen LogP contribution in [0.1, 0.15) is 26.7 Å². The molecule has 0 bridgehead atoms. The van der Waals surface area contributed by atoms with Crippen LogP contribution in [0.5, 0.6) is 0 Å². The van der Waals surface area contributed by atoms with Crippen LogP contribution in [0.15, 0.2) is 18.7 Å². The fourth-order valence-corrected chi connectivity index (χ4v) is 1.45. The number of nitrogens with one attached hydrogen (secondary N) is 1. The third-order valence-electron chi connectivity index (χ3n) is 2.66. The molecule has 0 aliphatic carbocycles. The van der Waals surface area contributed by atoms with E-state index < -0.39 is 11.4 Å². The summed E-state index contributed by atoms with van der Waals surface area (Å²) in [5.74, 6) is -1.19. The van der Waals surface area contributed by atoms with E-state index in [1.54, 1.807) is 26.4 Å². The topological polar surface area (TPSA) is 84.2 Å². The zero-order chi connectivity index (χ0) is 13.6. The minimum Gasteiger partial charge on any atom is -0.481 e. The molecule has 0 aliphatic heterocycles. The first-order chi connectivity index (χ1) is 8.42. The molecular weight excluding hydrogens is 234 g/mol. The van der Waals surface area contributed by atoms with Crippen LogP contribution >= 0.6 is 0 Å². The molecule has 0 aliphatic rings. The SMILES string of the molecule is CC(C)(CC(=O)NCCCn1ccnc1)C(=O)O. The molecule has 1 aromatic heterocycles. The maximum atomic E-state index is 11.5. The van der Waals surface area contributed by atoms with Crippen molar-refractivity contribution in [3.63, 3.8) is 0 Å². The summed E-state index contributed by atoms with van der Waals surface area (Å²) in [6.45, 7) is 4.40. The Hall–Kier alpha value is -1.85. The van der Waals surface area contributed by atoms with Gasteiger partial charge in [0, 0.05) is 31.9 Å². The molecule has 0 aromatic carbocycles. The summed E-state index contributed by atoms with van der Waals surface area (Å²) in [5.41, 5.74) is -1.02. The smallest absolute Gasteiger partial charge is 0.309 e. The number of hydrogen-bond acceptors (Lipinski definition) is 3. The molecule has 0 fully saturated rings. The molecule has 0 unspecified atom stereocenters.